The number of carbonyl (C=O) groups is 1. The molecule has 1 N–H and O–H groups in total. The van der Waals surface area contributed by atoms with Gasteiger partial charge >= 0.3 is 5.97 Å². The van der Waals surface area contributed by atoms with Crippen LogP contribution in [-0.2, 0) is 17.6 Å². The molecule has 3 heteroatoms. The van der Waals surface area contributed by atoms with Crippen LogP contribution in [0.2, 0.25) is 0 Å². The van der Waals surface area contributed by atoms with E-state index in [0.717, 1.165) is 24.2 Å². The molecule has 0 amide bonds. The van der Waals surface area contributed by atoms with Crippen molar-refractivity contribution in [2.75, 3.05) is 5.75 Å². The molecule has 2 aromatic rings. The van der Waals surface area contributed by atoms with Crippen molar-refractivity contribution in [3.8, 4) is 0 Å². The molecule has 0 radical (unpaired) electrons. The van der Waals surface area contributed by atoms with Gasteiger partial charge in [-0.15, -0.1) is 11.8 Å². The molecule has 0 atom stereocenters. The third-order valence-electron chi connectivity index (χ3n) is 3.53. The summed E-state index contributed by atoms with van der Waals surface area (Å²) in [5, 5.41) is 8.74. The maximum Gasteiger partial charge on any atom is 0.307 e. The van der Waals surface area contributed by atoms with Crippen LogP contribution in [0.5, 0.6) is 0 Å². The van der Waals surface area contributed by atoms with E-state index in [0.29, 0.717) is 0 Å². The largest absolute Gasteiger partial charge is 0.481 e. The molecule has 0 saturated heterocycles. The van der Waals surface area contributed by atoms with Gasteiger partial charge in [0.15, 0.2) is 0 Å². The van der Waals surface area contributed by atoms with Gasteiger partial charge < -0.3 is 5.11 Å². The number of rotatable bonds is 8. The molecule has 0 heterocycles. The summed E-state index contributed by atoms with van der Waals surface area (Å²) in [5.41, 5.74) is 3.45. The number of aryl methyl sites for hydroxylation is 2. The van der Waals surface area contributed by atoms with Gasteiger partial charge in [-0.3, -0.25) is 4.79 Å². The van der Waals surface area contributed by atoms with Crippen LogP contribution in [0.1, 0.15) is 29.5 Å². The molecule has 0 spiro atoms. The van der Waals surface area contributed by atoms with Gasteiger partial charge in [0.2, 0.25) is 0 Å². The quantitative estimate of drug-likeness (QED) is 0.565. The van der Waals surface area contributed by atoms with E-state index in [1.54, 1.807) is 0 Å². The molecular weight excluding hydrogens is 292 g/mol. The van der Waals surface area contributed by atoms with Crippen LogP contribution in [0.15, 0.2) is 53.4 Å². The minimum absolute atomic E-state index is 0.105. The molecule has 0 saturated carbocycles. The van der Waals surface area contributed by atoms with E-state index < -0.39 is 5.97 Å². The highest BCUT2D eigenvalue weighted by Crippen LogP contribution is 2.20. The SMILES string of the molecule is Cc1ccc(SCCCCc2ccc(CC(=O)O)cc2)cc1. The van der Waals surface area contributed by atoms with Crippen molar-refractivity contribution in [1.29, 1.82) is 0 Å². The molecular formula is C19H22O2S. The van der Waals surface area contributed by atoms with Crippen LogP contribution in [0.4, 0.5) is 0 Å². The highest BCUT2D eigenvalue weighted by molar-refractivity contribution is 7.99. The summed E-state index contributed by atoms with van der Waals surface area (Å²) < 4.78 is 0. The lowest BCUT2D eigenvalue weighted by Gasteiger charge is -2.04. The first-order chi connectivity index (χ1) is 10.6. The smallest absolute Gasteiger partial charge is 0.307 e. The Morgan fingerprint density at radius 3 is 2.23 bits per heavy atom. The zero-order valence-electron chi connectivity index (χ0n) is 12.9. The average Bonchev–Trinajstić information content (AvgIpc) is 2.50. The highest BCUT2D eigenvalue weighted by atomic mass is 32.2. The number of carboxylic acid groups (broad SMARTS) is 1. The van der Waals surface area contributed by atoms with Crippen molar-refractivity contribution in [2.24, 2.45) is 0 Å². The Kier molecular flexibility index (Phi) is 6.53. The molecule has 0 aliphatic heterocycles. The fourth-order valence-corrected chi connectivity index (χ4v) is 3.17. The van der Waals surface area contributed by atoms with Crippen molar-refractivity contribution >= 4 is 17.7 Å². The van der Waals surface area contributed by atoms with Gasteiger partial charge in [-0.25, -0.2) is 0 Å². The zero-order chi connectivity index (χ0) is 15.8. The number of thioether (sulfide) groups is 1. The molecule has 0 aliphatic rings. The molecule has 0 bridgehead atoms. The second-order valence-electron chi connectivity index (χ2n) is 5.51. The average molecular weight is 314 g/mol. The van der Waals surface area contributed by atoms with Crippen molar-refractivity contribution < 1.29 is 9.90 Å². The number of aliphatic carboxylic acids is 1. The second-order valence-corrected chi connectivity index (χ2v) is 6.67. The van der Waals surface area contributed by atoms with Gasteiger partial charge in [0, 0.05) is 4.90 Å². The normalized spacial score (nSPS) is 10.6. The molecule has 116 valence electrons. The predicted octanol–water partition coefficient (Wildman–Crippen LogP) is 4.74. The van der Waals surface area contributed by atoms with Crippen LogP contribution in [-0.4, -0.2) is 16.8 Å². The summed E-state index contributed by atoms with van der Waals surface area (Å²) in [5.74, 6) is 0.362. The molecule has 0 unspecified atom stereocenters. The highest BCUT2D eigenvalue weighted by Gasteiger charge is 2.00. The Balaban J connectivity index is 1.66. The Bertz CT molecular complexity index is 588. The van der Waals surface area contributed by atoms with Gasteiger partial charge in [-0.05, 0) is 55.2 Å². The first-order valence-electron chi connectivity index (χ1n) is 7.62. The van der Waals surface area contributed by atoms with Crippen molar-refractivity contribution in [1.82, 2.24) is 0 Å². The van der Waals surface area contributed by atoms with Crippen LogP contribution in [0.25, 0.3) is 0 Å². The number of benzene rings is 2. The summed E-state index contributed by atoms with van der Waals surface area (Å²) in [4.78, 5) is 12.0. The summed E-state index contributed by atoms with van der Waals surface area (Å²) in [6, 6.07) is 16.6. The minimum Gasteiger partial charge on any atom is -0.481 e. The van der Waals surface area contributed by atoms with Crippen LogP contribution >= 0.6 is 11.8 Å². The molecule has 22 heavy (non-hydrogen) atoms. The Hall–Kier alpha value is -1.74. The minimum atomic E-state index is -0.777. The van der Waals surface area contributed by atoms with Crippen LogP contribution in [0.3, 0.4) is 0 Å². The fraction of sp³-hybridized carbons (Fsp3) is 0.316. The number of hydrogen-bond acceptors (Lipinski definition) is 2. The van der Waals surface area contributed by atoms with E-state index in [-0.39, 0.29) is 6.42 Å². The molecule has 2 aromatic carbocycles. The van der Waals surface area contributed by atoms with Gasteiger partial charge in [-0.1, -0.05) is 42.0 Å². The van der Waals surface area contributed by atoms with Gasteiger partial charge in [0.25, 0.3) is 0 Å². The first kappa shape index (κ1) is 16.6. The maximum atomic E-state index is 10.6. The van der Waals surface area contributed by atoms with E-state index >= 15 is 0 Å². The number of unbranched alkanes of at least 4 members (excludes halogenated alkanes) is 1. The Labute approximate surface area is 136 Å². The Morgan fingerprint density at radius 2 is 1.59 bits per heavy atom. The second kappa shape index (κ2) is 8.64. The van der Waals surface area contributed by atoms with Gasteiger partial charge in [0.1, 0.15) is 0 Å². The maximum absolute atomic E-state index is 10.6. The lowest BCUT2D eigenvalue weighted by atomic mass is 10.1. The molecule has 0 aliphatic carbocycles. The Morgan fingerprint density at radius 1 is 0.955 bits per heavy atom. The third kappa shape index (κ3) is 5.94. The molecule has 2 rings (SSSR count). The monoisotopic (exact) mass is 314 g/mol. The third-order valence-corrected chi connectivity index (χ3v) is 4.63. The van der Waals surface area contributed by atoms with E-state index in [1.807, 2.05) is 36.0 Å². The molecule has 2 nitrogen and oxygen atoms in total. The number of carboxylic acids is 1. The van der Waals surface area contributed by atoms with E-state index in [9.17, 15) is 4.79 Å². The van der Waals surface area contributed by atoms with Crippen molar-refractivity contribution in [3.63, 3.8) is 0 Å². The summed E-state index contributed by atoms with van der Waals surface area (Å²) >= 11 is 1.91. The summed E-state index contributed by atoms with van der Waals surface area (Å²) in [7, 11) is 0. The standard InChI is InChI=1S/C19H22O2S/c1-15-5-11-18(12-6-15)22-13-3-2-4-16-7-9-17(10-8-16)14-19(20)21/h5-12H,2-4,13-14H2,1H3,(H,20,21). The zero-order valence-corrected chi connectivity index (χ0v) is 13.7. The lowest BCUT2D eigenvalue weighted by molar-refractivity contribution is -0.136. The molecule has 0 fully saturated rings. The summed E-state index contributed by atoms with van der Waals surface area (Å²) in [6.45, 7) is 2.11. The van der Waals surface area contributed by atoms with Crippen LogP contribution < -0.4 is 0 Å². The van der Waals surface area contributed by atoms with Crippen LogP contribution in [0, 0.1) is 6.92 Å². The van der Waals surface area contributed by atoms with Gasteiger partial charge in [-0.2, -0.15) is 0 Å². The number of hydrogen-bond donors (Lipinski definition) is 1. The van der Waals surface area contributed by atoms with Crippen molar-refractivity contribution in [2.45, 2.75) is 37.5 Å². The fourth-order valence-electron chi connectivity index (χ4n) is 2.25. The predicted molar refractivity (Wildman–Crippen MR) is 92.6 cm³/mol. The van der Waals surface area contributed by atoms with E-state index in [4.69, 9.17) is 5.11 Å². The summed E-state index contributed by atoms with van der Waals surface area (Å²) in [6.07, 6.45) is 3.52. The lowest BCUT2D eigenvalue weighted by Crippen LogP contribution is -1.99. The van der Waals surface area contributed by atoms with E-state index in [1.165, 1.54) is 22.4 Å². The van der Waals surface area contributed by atoms with E-state index in [2.05, 4.69) is 31.2 Å². The first-order valence-corrected chi connectivity index (χ1v) is 8.61. The molecule has 0 aromatic heterocycles. The topological polar surface area (TPSA) is 37.3 Å². The van der Waals surface area contributed by atoms with Gasteiger partial charge in [0.05, 0.1) is 6.42 Å². The van der Waals surface area contributed by atoms with Crippen molar-refractivity contribution in [3.05, 3.63) is 65.2 Å².